The Hall–Kier alpha value is -7.74. The quantitative estimate of drug-likeness (QED) is 0.148. The van der Waals surface area contributed by atoms with Crippen molar-refractivity contribution in [2.45, 2.75) is 19.3 Å². The third-order valence-electron chi connectivity index (χ3n) is 12.8. The lowest BCUT2D eigenvalue weighted by Crippen LogP contribution is -2.16. The van der Waals surface area contributed by atoms with Gasteiger partial charge in [0, 0.05) is 22.5 Å². The number of hydrogen-bond donors (Lipinski definition) is 0. The van der Waals surface area contributed by atoms with E-state index in [0.717, 1.165) is 17.1 Å². The number of rotatable bonds is 8. The number of fused-ring (bicyclic) bond motifs is 4. The summed E-state index contributed by atoms with van der Waals surface area (Å²) >= 11 is 0. The van der Waals surface area contributed by atoms with E-state index in [9.17, 15) is 0 Å². The smallest absolute Gasteiger partial charge is 0.0467 e. The van der Waals surface area contributed by atoms with Crippen LogP contribution in [0.25, 0.3) is 77.5 Å². The van der Waals surface area contributed by atoms with E-state index < -0.39 is 0 Å². The lowest BCUT2D eigenvalue weighted by atomic mass is 9.79. The average molecular weight is 792 g/mol. The summed E-state index contributed by atoms with van der Waals surface area (Å²) in [6.07, 6.45) is 0. The normalized spacial score (nSPS) is 12.5. The van der Waals surface area contributed by atoms with Crippen LogP contribution in [0.2, 0.25) is 0 Å². The zero-order valence-electron chi connectivity index (χ0n) is 35.0. The molecule has 1 heteroatoms. The van der Waals surface area contributed by atoms with E-state index in [1.54, 1.807) is 0 Å². The molecular formula is C61H45N. The molecule has 0 radical (unpaired) electrons. The first-order valence-electron chi connectivity index (χ1n) is 21.6. The summed E-state index contributed by atoms with van der Waals surface area (Å²) in [4.78, 5) is 2.39. The van der Waals surface area contributed by atoms with Crippen LogP contribution in [0.1, 0.15) is 25.0 Å². The van der Waals surface area contributed by atoms with Crippen molar-refractivity contribution in [3.63, 3.8) is 0 Å². The molecule has 0 saturated heterocycles. The zero-order valence-corrected chi connectivity index (χ0v) is 35.0. The highest BCUT2D eigenvalue weighted by molar-refractivity contribution is 5.97. The molecule has 0 bridgehead atoms. The van der Waals surface area contributed by atoms with Crippen LogP contribution in [0.15, 0.2) is 237 Å². The van der Waals surface area contributed by atoms with E-state index in [0.29, 0.717) is 0 Å². The van der Waals surface area contributed by atoms with E-state index in [4.69, 9.17) is 0 Å². The Bertz CT molecular complexity index is 3240. The van der Waals surface area contributed by atoms with Gasteiger partial charge in [0.2, 0.25) is 0 Å². The first-order valence-corrected chi connectivity index (χ1v) is 21.6. The Balaban J connectivity index is 0.986. The maximum Gasteiger partial charge on any atom is 0.0467 e. The molecule has 0 saturated carbocycles. The van der Waals surface area contributed by atoms with Crippen LogP contribution in [0.5, 0.6) is 0 Å². The molecule has 1 aliphatic carbocycles. The third-order valence-corrected chi connectivity index (χ3v) is 12.8. The van der Waals surface area contributed by atoms with Crippen molar-refractivity contribution in [1.82, 2.24) is 0 Å². The maximum absolute atomic E-state index is 2.39. The first-order chi connectivity index (χ1) is 30.5. The molecule has 0 heterocycles. The largest absolute Gasteiger partial charge is 0.310 e. The Kier molecular flexibility index (Phi) is 9.24. The van der Waals surface area contributed by atoms with Crippen LogP contribution in [0.4, 0.5) is 17.1 Å². The minimum Gasteiger partial charge on any atom is -0.310 e. The molecule has 1 nitrogen and oxygen atoms in total. The SMILES string of the molecule is CC1(C)c2ccccc2-c2cccc(-c3ccc(N(c4ccc(-c5cccc(-c6cccc7ccccc67)c5)cc4)c4cccc(-c5cccc(-c6ccccc6)c5)c4)cc3)c21. The van der Waals surface area contributed by atoms with Gasteiger partial charge in [0.05, 0.1) is 0 Å². The van der Waals surface area contributed by atoms with Gasteiger partial charge in [-0.3, -0.25) is 0 Å². The summed E-state index contributed by atoms with van der Waals surface area (Å²) in [6, 6.07) is 86.5. The summed E-state index contributed by atoms with van der Waals surface area (Å²) in [6.45, 7) is 4.73. The second-order valence-electron chi connectivity index (χ2n) is 16.9. The van der Waals surface area contributed by atoms with Gasteiger partial charge in [-0.1, -0.05) is 202 Å². The van der Waals surface area contributed by atoms with Crippen molar-refractivity contribution in [2.75, 3.05) is 4.90 Å². The second kappa shape index (κ2) is 15.4. The molecule has 1 aliphatic rings. The Morgan fingerprint density at radius 2 is 0.758 bits per heavy atom. The standard InChI is InChI=1S/C61H45N/c1-61(2)59-30-9-8-26-57(59)58-29-14-28-56(60(58)61)45-33-37-52(38-34-45)62(53-24-12-22-49(41-53)48-21-10-19-46(39-48)42-15-4-3-5-16-42)51-35-31-43(32-36-51)47-20-11-23-50(40-47)55-27-13-18-44-17-6-7-25-54(44)55/h3-41H,1-2H3. The fraction of sp³-hybridized carbons (Fsp3) is 0.0492. The summed E-state index contributed by atoms with van der Waals surface area (Å²) in [7, 11) is 0. The highest BCUT2D eigenvalue weighted by Gasteiger charge is 2.37. The molecule has 0 aliphatic heterocycles. The van der Waals surface area contributed by atoms with Crippen molar-refractivity contribution < 1.29 is 0 Å². The van der Waals surface area contributed by atoms with Crippen LogP contribution in [-0.4, -0.2) is 0 Å². The van der Waals surface area contributed by atoms with Crippen molar-refractivity contribution in [3.8, 4) is 66.8 Å². The summed E-state index contributed by atoms with van der Waals surface area (Å²) in [5.41, 5.74) is 20.8. The monoisotopic (exact) mass is 791 g/mol. The summed E-state index contributed by atoms with van der Waals surface area (Å²) in [5, 5.41) is 2.52. The molecule has 10 aromatic carbocycles. The van der Waals surface area contributed by atoms with Crippen molar-refractivity contribution in [2.24, 2.45) is 0 Å². The topological polar surface area (TPSA) is 3.24 Å². The molecule has 0 aromatic heterocycles. The lowest BCUT2D eigenvalue weighted by molar-refractivity contribution is 0.662. The van der Waals surface area contributed by atoms with Crippen molar-refractivity contribution in [1.29, 1.82) is 0 Å². The number of nitrogens with zero attached hydrogens (tertiary/aromatic N) is 1. The number of anilines is 3. The molecule has 62 heavy (non-hydrogen) atoms. The fourth-order valence-corrected chi connectivity index (χ4v) is 9.81. The molecule has 0 N–H and O–H groups in total. The van der Waals surface area contributed by atoms with Gasteiger partial charge in [-0.2, -0.15) is 0 Å². The molecule has 0 atom stereocenters. The van der Waals surface area contributed by atoms with Crippen LogP contribution in [-0.2, 0) is 5.41 Å². The minimum atomic E-state index is -0.0956. The van der Waals surface area contributed by atoms with Gasteiger partial charge in [0.15, 0.2) is 0 Å². The van der Waals surface area contributed by atoms with Crippen LogP contribution in [0, 0.1) is 0 Å². The van der Waals surface area contributed by atoms with E-state index >= 15 is 0 Å². The third kappa shape index (κ3) is 6.60. The molecule has 0 spiro atoms. The molecular weight excluding hydrogens is 747 g/mol. The molecule has 11 rings (SSSR count). The van der Waals surface area contributed by atoms with Gasteiger partial charge < -0.3 is 4.90 Å². The fourth-order valence-electron chi connectivity index (χ4n) is 9.81. The predicted octanol–water partition coefficient (Wildman–Crippen LogP) is 17.0. The molecule has 0 amide bonds. The lowest BCUT2D eigenvalue weighted by Gasteiger charge is -2.27. The van der Waals surface area contributed by atoms with Crippen molar-refractivity contribution in [3.05, 3.63) is 248 Å². The van der Waals surface area contributed by atoms with E-state index in [2.05, 4.69) is 255 Å². The highest BCUT2D eigenvalue weighted by Crippen LogP contribution is 2.52. The first kappa shape index (κ1) is 37.3. The highest BCUT2D eigenvalue weighted by atomic mass is 15.1. The summed E-state index contributed by atoms with van der Waals surface area (Å²) < 4.78 is 0. The molecule has 0 fully saturated rings. The van der Waals surface area contributed by atoms with Gasteiger partial charge in [-0.15, -0.1) is 0 Å². The predicted molar refractivity (Wildman–Crippen MR) is 263 cm³/mol. The van der Waals surface area contributed by atoms with E-state index in [1.807, 2.05) is 0 Å². The van der Waals surface area contributed by atoms with Gasteiger partial charge in [-0.25, -0.2) is 0 Å². The van der Waals surface area contributed by atoms with Gasteiger partial charge >= 0.3 is 0 Å². The summed E-state index contributed by atoms with van der Waals surface area (Å²) in [5.74, 6) is 0. The van der Waals surface area contributed by atoms with Crippen molar-refractivity contribution >= 4 is 27.8 Å². The van der Waals surface area contributed by atoms with Crippen LogP contribution in [0.3, 0.4) is 0 Å². The Labute approximate surface area is 364 Å². The van der Waals surface area contributed by atoms with Crippen LogP contribution < -0.4 is 4.90 Å². The Morgan fingerprint density at radius 1 is 0.290 bits per heavy atom. The number of hydrogen-bond acceptors (Lipinski definition) is 1. The van der Waals surface area contributed by atoms with Gasteiger partial charge in [0.1, 0.15) is 0 Å². The van der Waals surface area contributed by atoms with Gasteiger partial charge in [-0.05, 0) is 137 Å². The molecule has 10 aromatic rings. The maximum atomic E-state index is 2.39. The zero-order chi connectivity index (χ0) is 41.6. The Morgan fingerprint density at radius 3 is 1.52 bits per heavy atom. The average Bonchev–Trinajstić information content (AvgIpc) is 3.58. The molecule has 294 valence electrons. The van der Waals surface area contributed by atoms with Crippen LogP contribution >= 0.6 is 0 Å². The minimum absolute atomic E-state index is 0.0956. The van der Waals surface area contributed by atoms with E-state index in [-0.39, 0.29) is 5.41 Å². The van der Waals surface area contributed by atoms with E-state index in [1.165, 1.54) is 88.7 Å². The molecule has 0 unspecified atom stereocenters. The second-order valence-corrected chi connectivity index (χ2v) is 16.9. The number of benzene rings is 10. The van der Waals surface area contributed by atoms with Gasteiger partial charge in [0.25, 0.3) is 0 Å².